The Morgan fingerprint density at radius 2 is 2.05 bits per heavy atom. The molecule has 1 N–H and O–H groups in total. The van der Waals surface area contributed by atoms with E-state index in [2.05, 4.69) is 42.9 Å². The topological polar surface area (TPSA) is 55.0 Å². The van der Waals surface area contributed by atoms with E-state index in [1.807, 2.05) is 13.8 Å². The number of benzene rings is 1. The average molecular weight is 288 g/mol. The van der Waals surface area contributed by atoms with Gasteiger partial charge in [0, 0.05) is 0 Å². The van der Waals surface area contributed by atoms with E-state index in [-0.39, 0.29) is 11.9 Å². The van der Waals surface area contributed by atoms with Gasteiger partial charge in [-0.25, -0.2) is 4.98 Å². The summed E-state index contributed by atoms with van der Waals surface area (Å²) < 4.78 is 5.21. The van der Waals surface area contributed by atoms with Gasteiger partial charge in [-0.1, -0.05) is 19.9 Å². The fourth-order valence-corrected chi connectivity index (χ4v) is 2.69. The molecule has 1 aromatic carbocycles. The number of carbonyl (C=O) groups excluding carboxylic acids is 1. The number of aryl methyl sites for hydroxylation is 2. The third-order valence-corrected chi connectivity index (χ3v) is 3.55. The van der Waals surface area contributed by atoms with Crippen LogP contribution in [0.2, 0.25) is 0 Å². The fraction of sp³-hybridized carbons (Fsp3) is 0.529. The molecule has 4 nitrogen and oxygen atoms in total. The molecule has 4 heteroatoms. The van der Waals surface area contributed by atoms with Gasteiger partial charge in [0.05, 0.1) is 17.6 Å². The second-order valence-electron chi connectivity index (χ2n) is 6.03. The molecular formula is C17H24N2O2. The van der Waals surface area contributed by atoms with E-state index in [0.29, 0.717) is 18.3 Å². The highest BCUT2D eigenvalue weighted by atomic mass is 16.5. The summed E-state index contributed by atoms with van der Waals surface area (Å²) >= 11 is 0. The van der Waals surface area contributed by atoms with Gasteiger partial charge < -0.3 is 9.72 Å². The van der Waals surface area contributed by atoms with Crippen molar-refractivity contribution in [1.82, 2.24) is 9.97 Å². The van der Waals surface area contributed by atoms with Gasteiger partial charge in [-0.15, -0.1) is 0 Å². The number of nitrogens with zero attached hydrogens (tertiary/aromatic N) is 1. The lowest BCUT2D eigenvalue weighted by Crippen LogP contribution is -2.19. The number of nitrogens with one attached hydrogen (secondary N) is 1. The number of carbonyl (C=O) groups is 1. The van der Waals surface area contributed by atoms with Crippen LogP contribution < -0.4 is 0 Å². The summed E-state index contributed by atoms with van der Waals surface area (Å²) in [5, 5.41) is 0. The molecule has 114 valence electrons. The van der Waals surface area contributed by atoms with E-state index in [1.54, 1.807) is 0 Å². The Hall–Kier alpha value is -1.84. The average Bonchev–Trinajstić information content (AvgIpc) is 2.79. The Morgan fingerprint density at radius 3 is 2.67 bits per heavy atom. The molecular weight excluding hydrogens is 264 g/mol. The van der Waals surface area contributed by atoms with Crippen LogP contribution >= 0.6 is 0 Å². The highest BCUT2D eigenvalue weighted by Gasteiger charge is 2.26. The number of ether oxygens (including phenoxy) is 1. The first-order valence-corrected chi connectivity index (χ1v) is 7.55. The Balaban J connectivity index is 2.44. The minimum Gasteiger partial charge on any atom is -0.465 e. The Labute approximate surface area is 125 Å². The Bertz CT molecular complexity index is 644. The van der Waals surface area contributed by atoms with Crippen LogP contribution in [0.25, 0.3) is 11.0 Å². The number of aromatic amines is 1. The standard InChI is InChI=1S/C17H24N2O2/c1-6-21-17(20)13(7-10(2)3)16-18-14-9-11(4)8-12(5)15(14)19-16/h8-10,13H,6-7H2,1-5H3,(H,18,19). The lowest BCUT2D eigenvalue weighted by atomic mass is 9.96. The SMILES string of the molecule is CCOC(=O)C(CC(C)C)c1nc2c(C)cc(C)cc2[nH]1. The van der Waals surface area contributed by atoms with Gasteiger partial charge in [0.1, 0.15) is 11.7 Å². The summed E-state index contributed by atoms with van der Waals surface area (Å²) in [5.74, 6) is 0.595. The number of hydrogen-bond acceptors (Lipinski definition) is 3. The maximum atomic E-state index is 12.2. The maximum absolute atomic E-state index is 12.2. The second kappa shape index (κ2) is 6.29. The van der Waals surface area contributed by atoms with Gasteiger partial charge in [-0.2, -0.15) is 0 Å². The number of esters is 1. The molecule has 21 heavy (non-hydrogen) atoms. The molecule has 1 heterocycles. The van der Waals surface area contributed by atoms with Crippen molar-refractivity contribution in [3.05, 3.63) is 29.1 Å². The number of hydrogen-bond donors (Lipinski definition) is 1. The van der Waals surface area contributed by atoms with Crippen molar-refractivity contribution in [3.63, 3.8) is 0 Å². The second-order valence-corrected chi connectivity index (χ2v) is 6.03. The summed E-state index contributed by atoms with van der Waals surface area (Å²) in [6.45, 7) is 10.5. The highest BCUT2D eigenvalue weighted by Crippen LogP contribution is 2.27. The molecule has 0 amide bonds. The molecule has 0 aliphatic carbocycles. The van der Waals surface area contributed by atoms with Crippen molar-refractivity contribution in [2.75, 3.05) is 6.61 Å². The Morgan fingerprint density at radius 1 is 1.33 bits per heavy atom. The van der Waals surface area contributed by atoms with Gasteiger partial charge >= 0.3 is 5.97 Å². The molecule has 0 fully saturated rings. The van der Waals surface area contributed by atoms with E-state index < -0.39 is 0 Å². The zero-order valence-corrected chi connectivity index (χ0v) is 13.5. The monoisotopic (exact) mass is 288 g/mol. The van der Waals surface area contributed by atoms with Crippen LogP contribution in [0, 0.1) is 19.8 Å². The van der Waals surface area contributed by atoms with E-state index >= 15 is 0 Å². The highest BCUT2D eigenvalue weighted by molar-refractivity contribution is 5.82. The van der Waals surface area contributed by atoms with E-state index in [1.165, 1.54) is 5.56 Å². The first-order valence-electron chi connectivity index (χ1n) is 7.55. The van der Waals surface area contributed by atoms with Crippen molar-refractivity contribution >= 4 is 17.0 Å². The summed E-state index contributed by atoms with van der Waals surface area (Å²) in [7, 11) is 0. The molecule has 1 unspecified atom stereocenters. The number of fused-ring (bicyclic) bond motifs is 1. The van der Waals surface area contributed by atoms with Gasteiger partial charge in [0.15, 0.2) is 0 Å². The van der Waals surface area contributed by atoms with Crippen LogP contribution in [-0.4, -0.2) is 22.5 Å². The maximum Gasteiger partial charge on any atom is 0.316 e. The van der Waals surface area contributed by atoms with Crippen molar-refractivity contribution < 1.29 is 9.53 Å². The Kier molecular flexibility index (Phi) is 4.66. The summed E-state index contributed by atoms with van der Waals surface area (Å²) in [4.78, 5) is 20.2. The smallest absolute Gasteiger partial charge is 0.316 e. The normalized spacial score (nSPS) is 12.9. The molecule has 1 atom stereocenters. The third-order valence-electron chi connectivity index (χ3n) is 3.55. The van der Waals surface area contributed by atoms with Crippen LogP contribution in [0.1, 0.15) is 50.1 Å². The molecule has 1 aromatic heterocycles. The molecule has 0 aliphatic heterocycles. The van der Waals surface area contributed by atoms with Crippen LogP contribution in [0.15, 0.2) is 12.1 Å². The summed E-state index contributed by atoms with van der Waals surface area (Å²) in [6.07, 6.45) is 0.733. The molecule has 0 saturated carbocycles. The molecule has 0 bridgehead atoms. The van der Waals surface area contributed by atoms with Crippen molar-refractivity contribution in [2.45, 2.75) is 47.0 Å². The lowest BCUT2D eigenvalue weighted by Gasteiger charge is -2.15. The number of imidazole rings is 1. The molecule has 0 spiro atoms. The largest absolute Gasteiger partial charge is 0.465 e. The van der Waals surface area contributed by atoms with Crippen LogP contribution in [0.5, 0.6) is 0 Å². The fourth-order valence-electron chi connectivity index (χ4n) is 2.69. The van der Waals surface area contributed by atoms with Gasteiger partial charge in [-0.05, 0) is 50.3 Å². The molecule has 0 aliphatic rings. The molecule has 2 rings (SSSR count). The minimum atomic E-state index is -0.322. The molecule has 0 saturated heterocycles. The zero-order valence-electron chi connectivity index (χ0n) is 13.5. The predicted molar refractivity (Wildman–Crippen MR) is 84.4 cm³/mol. The lowest BCUT2D eigenvalue weighted by molar-refractivity contribution is -0.145. The quantitative estimate of drug-likeness (QED) is 0.850. The molecule has 0 radical (unpaired) electrons. The predicted octanol–water partition coefficient (Wildman–Crippen LogP) is 3.87. The van der Waals surface area contributed by atoms with Crippen LogP contribution in [0.3, 0.4) is 0 Å². The summed E-state index contributed by atoms with van der Waals surface area (Å²) in [5.41, 5.74) is 4.24. The van der Waals surface area contributed by atoms with Crippen molar-refractivity contribution in [3.8, 4) is 0 Å². The minimum absolute atomic E-state index is 0.195. The first kappa shape index (κ1) is 15.5. The van der Waals surface area contributed by atoms with Crippen molar-refractivity contribution in [1.29, 1.82) is 0 Å². The van der Waals surface area contributed by atoms with E-state index in [9.17, 15) is 4.79 Å². The van der Waals surface area contributed by atoms with E-state index in [4.69, 9.17) is 4.74 Å². The van der Waals surface area contributed by atoms with E-state index in [0.717, 1.165) is 23.0 Å². The molecule has 2 aromatic rings. The number of aromatic nitrogens is 2. The number of rotatable bonds is 5. The van der Waals surface area contributed by atoms with Gasteiger partial charge in [0.2, 0.25) is 0 Å². The van der Waals surface area contributed by atoms with Crippen LogP contribution in [0.4, 0.5) is 0 Å². The number of H-pyrrole nitrogens is 1. The van der Waals surface area contributed by atoms with Crippen molar-refractivity contribution in [2.24, 2.45) is 5.92 Å². The zero-order chi connectivity index (χ0) is 15.6. The van der Waals surface area contributed by atoms with Crippen LogP contribution in [-0.2, 0) is 9.53 Å². The third kappa shape index (κ3) is 3.43. The summed E-state index contributed by atoms with van der Waals surface area (Å²) in [6, 6.07) is 4.17. The van der Waals surface area contributed by atoms with Gasteiger partial charge in [-0.3, -0.25) is 4.79 Å². The first-order chi connectivity index (χ1) is 9.92. The van der Waals surface area contributed by atoms with Gasteiger partial charge in [0.25, 0.3) is 0 Å².